The van der Waals surface area contributed by atoms with E-state index in [-0.39, 0.29) is 31.3 Å². The van der Waals surface area contributed by atoms with Crippen LogP contribution < -0.4 is 9.62 Å². The van der Waals surface area contributed by atoms with Crippen molar-refractivity contribution in [3.05, 3.63) is 101 Å². The Bertz CT molecular complexity index is 1390. The molecule has 0 heterocycles. The molecule has 0 aliphatic rings. The van der Waals surface area contributed by atoms with E-state index < -0.39 is 16.1 Å². The highest BCUT2D eigenvalue weighted by Gasteiger charge is 2.30. The lowest BCUT2D eigenvalue weighted by Gasteiger charge is -2.32. The van der Waals surface area contributed by atoms with Crippen molar-refractivity contribution < 1.29 is 18.0 Å². The van der Waals surface area contributed by atoms with E-state index in [0.717, 1.165) is 35.1 Å². The molecule has 3 rings (SSSR count). The number of carbonyl (C=O) groups excluding carboxylic acids is 2. The van der Waals surface area contributed by atoms with Crippen molar-refractivity contribution in [1.29, 1.82) is 0 Å². The Labute approximate surface area is 245 Å². The van der Waals surface area contributed by atoms with Gasteiger partial charge in [-0.15, -0.1) is 0 Å². The molecule has 1 N–H and O–H groups in total. The van der Waals surface area contributed by atoms with Crippen LogP contribution in [0.2, 0.25) is 0 Å². The lowest BCUT2D eigenvalue weighted by atomic mass is 10.0. The zero-order valence-corrected chi connectivity index (χ0v) is 25.5. The predicted molar refractivity (Wildman–Crippen MR) is 166 cm³/mol. The number of nitrogens with one attached hydrogen (secondary N) is 1. The lowest BCUT2D eigenvalue weighted by Crippen LogP contribution is -2.50. The number of nitrogens with zero attached hydrogens (tertiary/aromatic N) is 2. The predicted octanol–water partition coefficient (Wildman–Crippen LogP) is 5.41. The number of aryl methyl sites for hydroxylation is 2. The van der Waals surface area contributed by atoms with Crippen LogP contribution in [0.25, 0.3) is 0 Å². The summed E-state index contributed by atoms with van der Waals surface area (Å²) >= 11 is 0. The van der Waals surface area contributed by atoms with Crippen molar-refractivity contribution in [2.45, 2.75) is 65.5 Å². The normalized spacial score (nSPS) is 12.0. The first-order chi connectivity index (χ1) is 19.6. The van der Waals surface area contributed by atoms with Gasteiger partial charge in [0.2, 0.25) is 21.8 Å². The van der Waals surface area contributed by atoms with Crippen LogP contribution in [0.1, 0.15) is 54.9 Å². The van der Waals surface area contributed by atoms with E-state index in [1.807, 2.05) is 86.6 Å². The topological polar surface area (TPSA) is 86.8 Å². The van der Waals surface area contributed by atoms with Gasteiger partial charge in [-0.05, 0) is 61.1 Å². The quantitative estimate of drug-likeness (QED) is 0.245. The summed E-state index contributed by atoms with van der Waals surface area (Å²) in [6.45, 7) is 6.98. The fraction of sp³-hybridized carbons (Fsp3) is 0.394. The first-order valence-electron chi connectivity index (χ1n) is 14.3. The third kappa shape index (κ3) is 9.74. The maximum atomic E-state index is 13.9. The molecule has 0 radical (unpaired) electrons. The summed E-state index contributed by atoms with van der Waals surface area (Å²) in [5.41, 5.74) is 4.51. The molecule has 41 heavy (non-hydrogen) atoms. The summed E-state index contributed by atoms with van der Waals surface area (Å²) in [5.74, 6) is -0.362. The number of benzene rings is 3. The van der Waals surface area contributed by atoms with Gasteiger partial charge in [-0.1, -0.05) is 80.1 Å². The minimum absolute atomic E-state index is 0.108. The monoisotopic (exact) mass is 577 g/mol. The molecule has 220 valence electrons. The first-order valence-corrected chi connectivity index (χ1v) is 16.1. The van der Waals surface area contributed by atoms with Crippen LogP contribution in [-0.4, -0.2) is 50.5 Å². The van der Waals surface area contributed by atoms with E-state index in [4.69, 9.17) is 0 Å². The molecule has 7 nitrogen and oxygen atoms in total. The fourth-order valence-electron chi connectivity index (χ4n) is 4.82. The Morgan fingerprint density at radius 1 is 0.902 bits per heavy atom. The van der Waals surface area contributed by atoms with Crippen LogP contribution in [0.15, 0.2) is 78.9 Å². The Hall–Kier alpha value is -3.65. The number of anilines is 1. The Kier molecular flexibility index (Phi) is 12.0. The second-order valence-corrected chi connectivity index (χ2v) is 12.5. The molecular weight excluding hydrogens is 534 g/mol. The minimum atomic E-state index is -3.55. The average Bonchev–Trinajstić information content (AvgIpc) is 2.93. The highest BCUT2D eigenvalue weighted by Crippen LogP contribution is 2.22. The molecular formula is C33H43N3O4S. The second kappa shape index (κ2) is 15.4. The molecule has 0 aliphatic heterocycles. The first kappa shape index (κ1) is 31.9. The van der Waals surface area contributed by atoms with Gasteiger partial charge in [0.25, 0.3) is 0 Å². The molecule has 0 unspecified atom stereocenters. The average molecular weight is 578 g/mol. The summed E-state index contributed by atoms with van der Waals surface area (Å²) in [6.07, 6.45) is 3.80. The number of unbranched alkanes of at least 4 members (excludes halogenated alkanes) is 1. The van der Waals surface area contributed by atoms with Gasteiger partial charge in [0.15, 0.2) is 0 Å². The number of carbonyl (C=O) groups is 2. The number of sulfonamides is 1. The van der Waals surface area contributed by atoms with Gasteiger partial charge in [-0.2, -0.15) is 0 Å². The van der Waals surface area contributed by atoms with Crippen molar-refractivity contribution in [2.24, 2.45) is 0 Å². The van der Waals surface area contributed by atoms with Gasteiger partial charge in [-0.25, -0.2) is 8.42 Å². The standard InChI is InChI=1S/C33H43N3O4S/c1-5-6-21-34-33(38)31(24-28-16-8-7-9-17-28)35(25-29-18-11-10-15-27(29)3)32(37)20-13-22-36(41(4,39)40)30-19-12-14-26(2)23-30/h7-12,14-19,23,31H,5-6,13,20-22,24-25H2,1-4H3,(H,34,38)/t31-/m0/s1. The largest absolute Gasteiger partial charge is 0.354 e. The van der Waals surface area contributed by atoms with Crippen LogP contribution >= 0.6 is 0 Å². The maximum absolute atomic E-state index is 13.9. The molecule has 1 atom stereocenters. The second-order valence-electron chi connectivity index (χ2n) is 10.6. The molecule has 0 aromatic heterocycles. The van der Waals surface area contributed by atoms with E-state index in [1.54, 1.807) is 11.0 Å². The third-order valence-electron chi connectivity index (χ3n) is 7.14. The number of hydrogen-bond donors (Lipinski definition) is 1. The van der Waals surface area contributed by atoms with Crippen LogP contribution in [0, 0.1) is 13.8 Å². The lowest BCUT2D eigenvalue weighted by molar-refractivity contribution is -0.141. The van der Waals surface area contributed by atoms with Crippen LogP contribution in [0.5, 0.6) is 0 Å². The van der Waals surface area contributed by atoms with Crippen molar-refractivity contribution in [3.63, 3.8) is 0 Å². The molecule has 0 aliphatic carbocycles. The Balaban J connectivity index is 1.88. The molecule has 3 aromatic rings. The highest BCUT2D eigenvalue weighted by molar-refractivity contribution is 7.92. The van der Waals surface area contributed by atoms with Gasteiger partial charge < -0.3 is 10.2 Å². The van der Waals surface area contributed by atoms with Crippen molar-refractivity contribution in [2.75, 3.05) is 23.7 Å². The van der Waals surface area contributed by atoms with Crippen molar-refractivity contribution in [1.82, 2.24) is 10.2 Å². The highest BCUT2D eigenvalue weighted by atomic mass is 32.2. The smallest absolute Gasteiger partial charge is 0.243 e. The minimum Gasteiger partial charge on any atom is -0.354 e. The van der Waals surface area contributed by atoms with Gasteiger partial charge in [-0.3, -0.25) is 13.9 Å². The van der Waals surface area contributed by atoms with Gasteiger partial charge in [0.1, 0.15) is 6.04 Å². The van der Waals surface area contributed by atoms with Crippen molar-refractivity contribution >= 4 is 27.5 Å². The molecule has 0 bridgehead atoms. The summed E-state index contributed by atoms with van der Waals surface area (Å²) in [6, 6.07) is 24.2. The van der Waals surface area contributed by atoms with Gasteiger partial charge in [0.05, 0.1) is 11.9 Å². The van der Waals surface area contributed by atoms with Gasteiger partial charge >= 0.3 is 0 Å². The molecule has 0 saturated heterocycles. The van der Waals surface area contributed by atoms with Gasteiger partial charge in [0, 0.05) is 32.5 Å². The molecule has 3 aromatic carbocycles. The summed E-state index contributed by atoms with van der Waals surface area (Å²) in [7, 11) is -3.55. The van der Waals surface area contributed by atoms with Crippen molar-refractivity contribution in [3.8, 4) is 0 Å². The summed E-state index contributed by atoms with van der Waals surface area (Å²) in [4.78, 5) is 29.2. The van der Waals surface area contributed by atoms with Crippen LogP contribution in [0.3, 0.4) is 0 Å². The molecule has 2 amide bonds. The number of amides is 2. The molecule has 0 saturated carbocycles. The zero-order chi connectivity index (χ0) is 29.8. The van der Waals surface area contributed by atoms with Crippen LogP contribution in [-0.2, 0) is 32.6 Å². The Morgan fingerprint density at radius 2 is 1.61 bits per heavy atom. The van der Waals surface area contributed by atoms with E-state index in [9.17, 15) is 18.0 Å². The van der Waals surface area contributed by atoms with E-state index in [1.165, 1.54) is 10.6 Å². The number of rotatable bonds is 15. The summed E-state index contributed by atoms with van der Waals surface area (Å²) < 4.78 is 26.6. The maximum Gasteiger partial charge on any atom is 0.243 e. The third-order valence-corrected chi connectivity index (χ3v) is 8.34. The SMILES string of the molecule is CCCCNC(=O)[C@H](Cc1ccccc1)N(Cc1ccccc1C)C(=O)CCCN(c1cccc(C)c1)S(C)(=O)=O. The molecule has 8 heteroatoms. The number of hydrogen-bond acceptors (Lipinski definition) is 4. The molecule has 0 spiro atoms. The van der Waals surface area contributed by atoms with E-state index in [2.05, 4.69) is 12.2 Å². The van der Waals surface area contributed by atoms with Crippen LogP contribution in [0.4, 0.5) is 5.69 Å². The Morgan fingerprint density at radius 3 is 2.27 bits per heavy atom. The fourth-order valence-corrected chi connectivity index (χ4v) is 5.78. The summed E-state index contributed by atoms with van der Waals surface area (Å²) in [5, 5.41) is 3.04. The van der Waals surface area contributed by atoms with E-state index >= 15 is 0 Å². The zero-order valence-electron chi connectivity index (χ0n) is 24.7. The molecule has 0 fully saturated rings. The van der Waals surface area contributed by atoms with E-state index in [0.29, 0.717) is 25.1 Å².